The largest absolute Gasteiger partial charge is 0.392 e. The normalized spacial score (nSPS) is 16.1. The maximum absolute atomic E-state index is 10.1. The fraction of sp³-hybridized carbons (Fsp3) is 0.250. The summed E-state index contributed by atoms with van der Waals surface area (Å²) < 4.78 is 0. The molecule has 3 rings (SSSR count). The van der Waals surface area contributed by atoms with Gasteiger partial charge in [-0.1, -0.05) is 36.4 Å². The van der Waals surface area contributed by atoms with Crippen molar-refractivity contribution in [3.8, 4) is 0 Å². The number of rotatable bonds is 1. The van der Waals surface area contributed by atoms with Crippen LogP contribution >= 0.6 is 0 Å². The highest BCUT2D eigenvalue weighted by Gasteiger charge is 2.30. The van der Waals surface area contributed by atoms with E-state index in [9.17, 15) is 5.11 Å². The highest BCUT2D eigenvalue weighted by molar-refractivity contribution is 5.75. The molecule has 1 aliphatic rings. The number of benzene rings is 2. The van der Waals surface area contributed by atoms with Crippen molar-refractivity contribution in [2.75, 3.05) is 11.9 Å². The van der Waals surface area contributed by atoms with Crippen LogP contribution in [0.4, 0.5) is 11.4 Å². The van der Waals surface area contributed by atoms with Crippen LogP contribution in [-0.2, 0) is 0 Å². The van der Waals surface area contributed by atoms with Gasteiger partial charge in [0, 0.05) is 24.3 Å². The molecule has 0 radical (unpaired) electrons. The van der Waals surface area contributed by atoms with Crippen LogP contribution in [-0.4, -0.2) is 18.3 Å². The summed E-state index contributed by atoms with van der Waals surface area (Å²) in [6.45, 7) is 1.86. The second-order valence-electron chi connectivity index (χ2n) is 4.89. The van der Waals surface area contributed by atoms with Gasteiger partial charge >= 0.3 is 0 Å². The highest BCUT2D eigenvalue weighted by Crippen LogP contribution is 2.45. The maximum Gasteiger partial charge on any atom is 0.0622 e. The lowest BCUT2D eigenvalue weighted by atomic mass is 9.82. The fourth-order valence-corrected chi connectivity index (χ4v) is 2.93. The second-order valence-corrected chi connectivity index (χ2v) is 4.89. The molecule has 1 heterocycles. The molecular formula is C16H17NO. The summed E-state index contributed by atoms with van der Waals surface area (Å²) in [5.74, 6) is 0.0635. The van der Waals surface area contributed by atoms with Gasteiger partial charge in [-0.2, -0.15) is 0 Å². The average Bonchev–Trinajstić information content (AvgIpc) is 2.39. The Morgan fingerprint density at radius 1 is 0.944 bits per heavy atom. The number of hydrogen-bond acceptors (Lipinski definition) is 2. The van der Waals surface area contributed by atoms with Gasteiger partial charge in [-0.15, -0.1) is 0 Å². The van der Waals surface area contributed by atoms with Crippen molar-refractivity contribution in [3.63, 3.8) is 0 Å². The van der Waals surface area contributed by atoms with Gasteiger partial charge in [-0.25, -0.2) is 0 Å². The first-order chi connectivity index (χ1) is 8.70. The van der Waals surface area contributed by atoms with Gasteiger partial charge in [-0.3, -0.25) is 0 Å². The van der Waals surface area contributed by atoms with Crippen LogP contribution in [0.2, 0.25) is 0 Å². The van der Waals surface area contributed by atoms with Crippen LogP contribution in [0.15, 0.2) is 48.5 Å². The monoisotopic (exact) mass is 239 g/mol. The Balaban J connectivity index is 2.26. The molecule has 1 N–H and O–H groups in total. The molecule has 0 saturated carbocycles. The molecule has 0 saturated heterocycles. The van der Waals surface area contributed by atoms with E-state index in [1.807, 2.05) is 31.2 Å². The van der Waals surface area contributed by atoms with E-state index in [-0.39, 0.29) is 12.0 Å². The number of aliphatic hydroxyl groups excluding tert-OH is 1. The summed E-state index contributed by atoms with van der Waals surface area (Å²) in [6, 6.07) is 16.6. The summed E-state index contributed by atoms with van der Waals surface area (Å²) in [5, 5.41) is 10.1. The number of nitrogens with zero attached hydrogens (tertiary/aromatic N) is 1. The number of hydrogen-bond donors (Lipinski definition) is 1. The van der Waals surface area contributed by atoms with Crippen LogP contribution < -0.4 is 4.90 Å². The number of para-hydroxylation sites is 2. The van der Waals surface area contributed by atoms with Gasteiger partial charge in [0.15, 0.2) is 0 Å². The minimum absolute atomic E-state index is 0.0635. The zero-order chi connectivity index (χ0) is 12.7. The lowest BCUT2D eigenvalue weighted by Crippen LogP contribution is -2.26. The molecular weight excluding hydrogens is 222 g/mol. The topological polar surface area (TPSA) is 23.5 Å². The molecule has 0 aliphatic carbocycles. The predicted molar refractivity (Wildman–Crippen MR) is 74.5 cm³/mol. The van der Waals surface area contributed by atoms with Gasteiger partial charge in [0.25, 0.3) is 0 Å². The molecule has 2 aromatic carbocycles. The van der Waals surface area contributed by atoms with Crippen LogP contribution in [0.3, 0.4) is 0 Å². The maximum atomic E-state index is 10.1. The van der Waals surface area contributed by atoms with E-state index in [4.69, 9.17) is 0 Å². The van der Waals surface area contributed by atoms with Crippen molar-refractivity contribution in [1.29, 1.82) is 0 Å². The van der Waals surface area contributed by atoms with E-state index < -0.39 is 0 Å². The van der Waals surface area contributed by atoms with E-state index in [0.29, 0.717) is 0 Å². The van der Waals surface area contributed by atoms with Crippen molar-refractivity contribution in [2.24, 2.45) is 0 Å². The van der Waals surface area contributed by atoms with Gasteiger partial charge in [-0.05, 0) is 30.2 Å². The van der Waals surface area contributed by atoms with E-state index >= 15 is 0 Å². The Kier molecular flexibility index (Phi) is 2.60. The van der Waals surface area contributed by atoms with Gasteiger partial charge in [0.2, 0.25) is 0 Å². The third kappa shape index (κ3) is 1.53. The molecule has 1 unspecified atom stereocenters. The second kappa shape index (κ2) is 4.14. The summed E-state index contributed by atoms with van der Waals surface area (Å²) in [5.41, 5.74) is 4.77. The molecule has 92 valence electrons. The third-order valence-electron chi connectivity index (χ3n) is 3.75. The highest BCUT2D eigenvalue weighted by atomic mass is 16.3. The van der Waals surface area contributed by atoms with Crippen LogP contribution in [0, 0.1) is 0 Å². The third-order valence-corrected chi connectivity index (χ3v) is 3.75. The molecule has 0 aromatic heterocycles. The van der Waals surface area contributed by atoms with Crippen molar-refractivity contribution in [1.82, 2.24) is 0 Å². The predicted octanol–water partition coefficient (Wildman–Crippen LogP) is 3.28. The fourth-order valence-electron chi connectivity index (χ4n) is 2.93. The first kappa shape index (κ1) is 11.3. The number of fused-ring (bicyclic) bond motifs is 2. The first-order valence-electron chi connectivity index (χ1n) is 6.30. The Hall–Kier alpha value is -1.80. The summed E-state index contributed by atoms with van der Waals surface area (Å²) >= 11 is 0. The van der Waals surface area contributed by atoms with E-state index in [1.54, 1.807) is 0 Å². The lowest BCUT2D eigenvalue weighted by Gasteiger charge is -2.36. The van der Waals surface area contributed by atoms with E-state index in [0.717, 1.165) is 0 Å². The number of anilines is 2. The SMILES string of the molecule is CC(O)C1c2ccccc2N(C)c2ccccc21. The smallest absolute Gasteiger partial charge is 0.0622 e. The van der Waals surface area contributed by atoms with Crippen molar-refractivity contribution in [2.45, 2.75) is 18.9 Å². The van der Waals surface area contributed by atoms with Gasteiger partial charge in [0.05, 0.1) is 6.10 Å². The molecule has 2 nitrogen and oxygen atoms in total. The molecule has 0 spiro atoms. The van der Waals surface area contributed by atoms with Crippen molar-refractivity contribution >= 4 is 11.4 Å². The zero-order valence-electron chi connectivity index (χ0n) is 10.7. The molecule has 2 aromatic rings. The summed E-state index contributed by atoms with van der Waals surface area (Å²) in [4.78, 5) is 2.20. The minimum atomic E-state index is -0.388. The Labute approximate surface area is 107 Å². The van der Waals surface area contributed by atoms with Crippen LogP contribution in [0.5, 0.6) is 0 Å². The molecule has 1 atom stereocenters. The Morgan fingerprint density at radius 2 is 1.39 bits per heavy atom. The minimum Gasteiger partial charge on any atom is -0.392 e. The number of aliphatic hydroxyl groups is 1. The lowest BCUT2D eigenvalue weighted by molar-refractivity contribution is 0.176. The Morgan fingerprint density at radius 3 is 1.83 bits per heavy atom. The van der Waals surface area contributed by atoms with Gasteiger partial charge in [0.1, 0.15) is 0 Å². The van der Waals surface area contributed by atoms with Crippen LogP contribution in [0.1, 0.15) is 24.0 Å². The van der Waals surface area contributed by atoms with Crippen LogP contribution in [0.25, 0.3) is 0 Å². The zero-order valence-corrected chi connectivity index (χ0v) is 10.7. The molecule has 0 bridgehead atoms. The quantitative estimate of drug-likeness (QED) is 0.825. The summed E-state index contributed by atoms with van der Waals surface area (Å²) in [6.07, 6.45) is -0.388. The van der Waals surface area contributed by atoms with Gasteiger partial charge < -0.3 is 10.0 Å². The molecule has 2 heteroatoms. The molecule has 1 aliphatic heterocycles. The average molecular weight is 239 g/mol. The Bertz CT molecular complexity index is 529. The van der Waals surface area contributed by atoms with Crippen molar-refractivity contribution < 1.29 is 5.11 Å². The standard InChI is InChI=1S/C16H17NO/c1-11(18)16-12-7-3-5-9-14(12)17(2)15-10-6-4-8-13(15)16/h3-11,16,18H,1-2H3. The molecule has 18 heavy (non-hydrogen) atoms. The molecule has 0 amide bonds. The first-order valence-corrected chi connectivity index (χ1v) is 6.30. The van der Waals surface area contributed by atoms with Crippen molar-refractivity contribution in [3.05, 3.63) is 59.7 Å². The van der Waals surface area contributed by atoms with E-state index in [1.165, 1.54) is 22.5 Å². The summed E-state index contributed by atoms with van der Waals surface area (Å²) in [7, 11) is 2.08. The van der Waals surface area contributed by atoms with E-state index in [2.05, 4.69) is 36.2 Å². The molecule has 0 fully saturated rings.